The molecule has 0 aromatic heterocycles. The Kier molecular flexibility index (Phi) is 2.86. The number of hydrogen-bond donors (Lipinski definition) is 0. The standard InChI is InChI=1S/C11H12N2O4/c1-2-16-10(15)11(7-12)5-3-4-8-6-9(14)17-13(8)11/h3-4,8H,2,5-6H2,1H3/t8-,11+/m0/s1. The molecule has 0 amide bonds. The zero-order valence-corrected chi connectivity index (χ0v) is 9.38. The van der Waals surface area contributed by atoms with Crippen LogP contribution in [-0.4, -0.2) is 35.2 Å². The summed E-state index contributed by atoms with van der Waals surface area (Å²) in [7, 11) is 0. The fourth-order valence-electron chi connectivity index (χ4n) is 2.03. The highest BCUT2D eigenvalue weighted by atomic mass is 16.7. The van der Waals surface area contributed by atoms with Gasteiger partial charge < -0.3 is 9.57 Å². The van der Waals surface area contributed by atoms with Gasteiger partial charge in [-0.1, -0.05) is 12.2 Å². The second-order valence-corrected chi connectivity index (χ2v) is 3.89. The van der Waals surface area contributed by atoms with Crippen LogP contribution in [0.2, 0.25) is 0 Å². The topological polar surface area (TPSA) is 79.6 Å². The van der Waals surface area contributed by atoms with E-state index in [-0.39, 0.29) is 25.5 Å². The molecule has 0 N–H and O–H groups in total. The first-order valence-corrected chi connectivity index (χ1v) is 5.39. The highest BCUT2D eigenvalue weighted by molar-refractivity contribution is 5.86. The van der Waals surface area contributed by atoms with Gasteiger partial charge in [0.05, 0.1) is 19.1 Å². The number of carbonyl (C=O) groups excluding carboxylic acids is 2. The predicted molar refractivity (Wildman–Crippen MR) is 55.1 cm³/mol. The summed E-state index contributed by atoms with van der Waals surface area (Å²) in [5, 5.41) is 10.4. The lowest BCUT2D eigenvalue weighted by atomic mass is 9.90. The Hall–Kier alpha value is -1.87. The Bertz CT molecular complexity index is 426. The highest BCUT2D eigenvalue weighted by Crippen LogP contribution is 2.34. The molecule has 90 valence electrons. The van der Waals surface area contributed by atoms with Gasteiger partial charge in [-0.25, -0.2) is 4.79 Å². The maximum Gasteiger partial charge on any atom is 0.345 e. The molecule has 6 heteroatoms. The van der Waals surface area contributed by atoms with Crippen molar-refractivity contribution in [2.75, 3.05) is 6.61 Å². The van der Waals surface area contributed by atoms with Crippen molar-refractivity contribution < 1.29 is 19.2 Å². The number of hydrogen-bond acceptors (Lipinski definition) is 6. The van der Waals surface area contributed by atoms with Gasteiger partial charge in [-0.15, -0.1) is 5.06 Å². The Morgan fingerprint density at radius 1 is 1.82 bits per heavy atom. The smallest absolute Gasteiger partial charge is 0.345 e. The molecule has 2 heterocycles. The van der Waals surface area contributed by atoms with Gasteiger partial charge in [-0.2, -0.15) is 5.26 Å². The SMILES string of the molecule is CCOC(=O)[C@]1(C#N)CC=C[C@H]2CC(=O)ON21. The zero-order chi connectivity index (χ0) is 12.5. The Labute approximate surface area is 98.3 Å². The van der Waals surface area contributed by atoms with Crippen LogP contribution in [0, 0.1) is 11.3 Å². The van der Waals surface area contributed by atoms with Crippen LogP contribution in [0.4, 0.5) is 0 Å². The molecule has 0 aliphatic carbocycles. The van der Waals surface area contributed by atoms with Crippen molar-refractivity contribution in [1.82, 2.24) is 5.06 Å². The van der Waals surface area contributed by atoms with Crippen molar-refractivity contribution in [3.05, 3.63) is 12.2 Å². The molecule has 6 nitrogen and oxygen atoms in total. The molecule has 0 aromatic carbocycles. The van der Waals surface area contributed by atoms with Crippen molar-refractivity contribution >= 4 is 11.9 Å². The molecule has 0 spiro atoms. The Morgan fingerprint density at radius 3 is 3.24 bits per heavy atom. The minimum Gasteiger partial charge on any atom is -0.464 e. The lowest BCUT2D eigenvalue weighted by Gasteiger charge is -2.35. The number of esters is 1. The molecular formula is C11H12N2O4. The highest BCUT2D eigenvalue weighted by Gasteiger charge is 2.55. The molecule has 0 aromatic rings. The van der Waals surface area contributed by atoms with E-state index in [0.29, 0.717) is 0 Å². The number of nitrogens with zero attached hydrogens (tertiary/aromatic N) is 2. The number of fused-ring (bicyclic) bond motifs is 1. The second kappa shape index (κ2) is 4.18. The monoisotopic (exact) mass is 236 g/mol. The van der Waals surface area contributed by atoms with Crippen LogP contribution in [0.25, 0.3) is 0 Å². The molecule has 2 rings (SSSR count). The zero-order valence-electron chi connectivity index (χ0n) is 9.38. The van der Waals surface area contributed by atoms with Crippen molar-refractivity contribution in [1.29, 1.82) is 5.26 Å². The maximum absolute atomic E-state index is 11.9. The fraction of sp³-hybridized carbons (Fsp3) is 0.545. The number of rotatable bonds is 2. The van der Waals surface area contributed by atoms with E-state index >= 15 is 0 Å². The number of nitriles is 1. The fourth-order valence-corrected chi connectivity index (χ4v) is 2.03. The van der Waals surface area contributed by atoms with Gasteiger partial charge >= 0.3 is 11.9 Å². The summed E-state index contributed by atoms with van der Waals surface area (Å²) in [6.45, 7) is 1.84. The van der Waals surface area contributed by atoms with Crippen molar-refractivity contribution in [2.45, 2.75) is 31.3 Å². The summed E-state index contributed by atoms with van der Waals surface area (Å²) in [4.78, 5) is 28.1. The summed E-state index contributed by atoms with van der Waals surface area (Å²) in [6, 6.07) is 1.56. The van der Waals surface area contributed by atoms with E-state index in [9.17, 15) is 14.9 Å². The number of hydroxylamine groups is 2. The van der Waals surface area contributed by atoms with Gasteiger partial charge in [0.15, 0.2) is 0 Å². The first-order chi connectivity index (χ1) is 8.14. The minimum absolute atomic E-state index is 0.152. The van der Waals surface area contributed by atoms with E-state index in [1.807, 2.05) is 6.07 Å². The van der Waals surface area contributed by atoms with Crippen LogP contribution in [0.5, 0.6) is 0 Å². The molecule has 17 heavy (non-hydrogen) atoms. The average molecular weight is 236 g/mol. The van der Waals surface area contributed by atoms with Gasteiger partial charge in [-0.3, -0.25) is 4.79 Å². The van der Waals surface area contributed by atoms with E-state index in [2.05, 4.69) is 0 Å². The molecule has 1 saturated heterocycles. The van der Waals surface area contributed by atoms with Crippen molar-refractivity contribution in [2.24, 2.45) is 0 Å². The maximum atomic E-state index is 11.9. The van der Waals surface area contributed by atoms with Crippen molar-refractivity contribution in [3.8, 4) is 6.07 Å². The lowest BCUT2D eigenvalue weighted by Crippen LogP contribution is -2.56. The second-order valence-electron chi connectivity index (χ2n) is 3.89. The molecule has 0 bridgehead atoms. The minimum atomic E-state index is -1.54. The number of ether oxygens (including phenoxy) is 1. The van der Waals surface area contributed by atoms with Crippen LogP contribution >= 0.6 is 0 Å². The normalized spacial score (nSPS) is 31.5. The third kappa shape index (κ3) is 1.68. The van der Waals surface area contributed by atoms with E-state index in [0.717, 1.165) is 5.06 Å². The van der Waals surface area contributed by atoms with Gasteiger partial charge in [-0.05, 0) is 6.92 Å². The van der Waals surface area contributed by atoms with Gasteiger partial charge in [0.1, 0.15) is 6.07 Å². The van der Waals surface area contributed by atoms with Crippen molar-refractivity contribution in [3.63, 3.8) is 0 Å². The molecule has 2 atom stereocenters. The Balaban J connectivity index is 2.34. The predicted octanol–water partition coefficient (Wildman–Crippen LogP) is 0.304. The third-order valence-electron chi connectivity index (χ3n) is 2.82. The van der Waals surface area contributed by atoms with Gasteiger partial charge in [0.25, 0.3) is 0 Å². The van der Waals surface area contributed by atoms with E-state index in [1.165, 1.54) is 0 Å². The number of carbonyl (C=O) groups is 2. The van der Waals surface area contributed by atoms with Crippen LogP contribution in [0.1, 0.15) is 19.8 Å². The van der Waals surface area contributed by atoms with E-state index in [1.54, 1.807) is 19.1 Å². The average Bonchev–Trinajstić information content (AvgIpc) is 2.69. The summed E-state index contributed by atoms with van der Waals surface area (Å²) >= 11 is 0. The van der Waals surface area contributed by atoms with Crippen LogP contribution in [0.15, 0.2) is 12.2 Å². The van der Waals surface area contributed by atoms with Crippen LogP contribution < -0.4 is 0 Å². The molecule has 0 saturated carbocycles. The van der Waals surface area contributed by atoms with E-state index in [4.69, 9.17) is 9.57 Å². The molecule has 1 fully saturated rings. The van der Waals surface area contributed by atoms with Gasteiger partial charge in [0.2, 0.25) is 5.54 Å². The third-order valence-corrected chi connectivity index (χ3v) is 2.82. The summed E-state index contributed by atoms with van der Waals surface area (Å²) in [5.41, 5.74) is -1.54. The first-order valence-electron chi connectivity index (χ1n) is 5.39. The lowest BCUT2D eigenvalue weighted by molar-refractivity contribution is -0.206. The van der Waals surface area contributed by atoms with E-state index < -0.39 is 17.5 Å². The molecule has 2 aliphatic rings. The molecule has 0 unspecified atom stereocenters. The van der Waals surface area contributed by atoms with Crippen LogP contribution in [0.3, 0.4) is 0 Å². The van der Waals surface area contributed by atoms with Crippen LogP contribution in [-0.2, 0) is 19.2 Å². The Morgan fingerprint density at radius 2 is 2.59 bits per heavy atom. The molecule has 2 aliphatic heterocycles. The molecule has 0 radical (unpaired) electrons. The van der Waals surface area contributed by atoms with Gasteiger partial charge in [0, 0.05) is 6.42 Å². The summed E-state index contributed by atoms with van der Waals surface area (Å²) < 4.78 is 4.89. The summed E-state index contributed by atoms with van der Waals surface area (Å²) in [5.74, 6) is -1.11. The first kappa shape index (κ1) is 11.6. The summed E-state index contributed by atoms with van der Waals surface area (Å²) in [6.07, 6.45) is 3.79. The largest absolute Gasteiger partial charge is 0.464 e. The quantitative estimate of drug-likeness (QED) is 0.507. The molecular weight excluding hydrogens is 224 g/mol.